The number of aliphatic hydroxyl groups is 1. The predicted molar refractivity (Wildman–Crippen MR) is 98.3 cm³/mol. The number of carbonyl (C=O) groups is 2. The Morgan fingerprint density at radius 1 is 1.30 bits per heavy atom. The predicted octanol–water partition coefficient (Wildman–Crippen LogP) is 0.0220. The second kappa shape index (κ2) is 7.93. The summed E-state index contributed by atoms with van der Waals surface area (Å²) in [4.78, 5) is 37.2. The van der Waals surface area contributed by atoms with Crippen LogP contribution in [0, 0.1) is 5.92 Å². The number of nitrogens with zero attached hydrogens (tertiary/aromatic N) is 2. The van der Waals surface area contributed by atoms with Crippen LogP contribution < -0.4 is 16.7 Å². The van der Waals surface area contributed by atoms with Crippen molar-refractivity contribution in [3.05, 3.63) is 34.7 Å². The molecule has 0 radical (unpaired) electrons. The first kappa shape index (κ1) is 19.1. The van der Waals surface area contributed by atoms with Crippen molar-refractivity contribution in [2.24, 2.45) is 11.7 Å². The molecule has 0 aliphatic carbocycles. The van der Waals surface area contributed by atoms with Crippen LogP contribution in [0.4, 0.5) is 4.79 Å². The molecule has 1 aromatic heterocycles. The molecule has 1 aromatic carbocycles. The van der Waals surface area contributed by atoms with Crippen molar-refractivity contribution in [3.8, 4) is 0 Å². The number of benzene rings is 1. The van der Waals surface area contributed by atoms with Gasteiger partial charge in [-0.05, 0) is 37.8 Å². The highest BCUT2D eigenvalue weighted by Crippen LogP contribution is 2.20. The van der Waals surface area contributed by atoms with Crippen LogP contribution >= 0.6 is 0 Å². The summed E-state index contributed by atoms with van der Waals surface area (Å²) in [5, 5.41) is 12.0. The van der Waals surface area contributed by atoms with Crippen molar-refractivity contribution in [3.63, 3.8) is 0 Å². The molecule has 3 rings (SSSR count). The van der Waals surface area contributed by atoms with E-state index < -0.39 is 29.8 Å². The summed E-state index contributed by atoms with van der Waals surface area (Å²) in [6.45, 7) is 3.14. The number of aromatic nitrogens is 2. The second-order valence-electron chi connectivity index (χ2n) is 6.84. The molecule has 1 aliphatic rings. The molecule has 146 valence electrons. The van der Waals surface area contributed by atoms with E-state index in [1.165, 1.54) is 6.92 Å². The van der Waals surface area contributed by atoms with E-state index in [4.69, 9.17) is 10.5 Å². The van der Waals surface area contributed by atoms with Gasteiger partial charge in [0.2, 0.25) is 5.91 Å². The average Bonchev–Trinajstić information content (AvgIpc) is 2.92. The molecule has 2 amide bonds. The van der Waals surface area contributed by atoms with Crippen molar-refractivity contribution in [1.29, 1.82) is 0 Å². The summed E-state index contributed by atoms with van der Waals surface area (Å²) in [5.74, 6) is -0.591. The molecule has 2 aromatic rings. The molecule has 9 heteroatoms. The van der Waals surface area contributed by atoms with Crippen LogP contribution in [0.5, 0.6) is 0 Å². The Bertz CT molecular complexity index is 895. The number of ether oxygens (including phenoxy) is 1. The summed E-state index contributed by atoms with van der Waals surface area (Å²) in [6, 6.07) is 4.88. The lowest BCUT2D eigenvalue weighted by molar-refractivity contribution is -0.122. The van der Waals surface area contributed by atoms with Gasteiger partial charge < -0.3 is 20.9 Å². The lowest BCUT2D eigenvalue weighted by Crippen LogP contribution is -2.53. The minimum atomic E-state index is -1.29. The zero-order valence-electron chi connectivity index (χ0n) is 15.1. The maximum Gasteiger partial charge on any atom is 0.337 e. The van der Waals surface area contributed by atoms with Crippen LogP contribution in [-0.2, 0) is 16.1 Å². The maximum atomic E-state index is 13.0. The lowest BCUT2D eigenvalue weighted by atomic mass is 10.0. The van der Waals surface area contributed by atoms with Gasteiger partial charge in [0, 0.05) is 19.8 Å². The number of nitrogens with one attached hydrogen (secondary N) is 1. The average molecular weight is 376 g/mol. The lowest BCUT2D eigenvalue weighted by Gasteiger charge is -2.22. The van der Waals surface area contributed by atoms with Crippen LogP contribution in [0.3, 0.4) is 0 Å². The topological polar surface area (TPSA) is 129 Å². The Morgan fingerprint density at radius 2 is 1.93 bits per heavy atom. The molecular weight excluding hydrogens is 352 g/mol. The Morgan fingerprint density at radius 3 is 2.52 bits per heavy atom. The van der Waals surface area contributed by atoms with E-state index in [2.05, 4.69) is 5.32 Å². The van der Waals surface area contributed by atoms with E-state index in [1.54, 1.807) is 28.8 Å². The first-order valence-corrected chi connectivity index (χ1v) is 8.96. The Balaban J connectivity index is 1.98. The maximum absolute atomic E-state index is 13.0. The number of hydrogen-bond donors (Lipinski definition) is 3. The third-order valence-corrected chi connectivity index (χ3v) is 4.89. The third kappa shape index (κ3) is 3.88. The number of hydrogen-bond acceptors (Lipinski definition) is 5. The van der Waals surface area contributed by atoms with Gasteiger partial charge in [0.15, 0.2) is 0 Å². The molecule has 0 bridgehead atoms. The number of carbonyl (C=O) groups excluding carboxylic acids is 2. The highest BCUT2D eigenvalue weighted by Gasteiger charge is 2.27. The van der Waals surface area contributed by atoms with Crippen molar-refractivity contribution in [2.45, 2.75) is 38.5 Å². The van der Waals surface area contributed by atoms with Gasteiger partial charge in [-0.1, -0.05) is 12.1 Å². The molecule has 4 N–H and O–H groups in total. The number of aliphatic hydroxyl groups excluding tert-OH is 1. The van der Waals surface area contributed by atoms with Gasteiger partial charge in [-0.15, -0.1) is 0 Å². The van der Waals surface area contributed by atoms with Gasteiger partial charge in [-0.25, -0.2) is 14.2 Å². The van der Waals surface area contributed by atoms with E-state index in [0.717, 1.165) is 17.4 Å². The number of amides is 2. The number of fused-ring (bicyclic) bond motifs is 1. The first-order chi connectivity index (χ1) is 12.9. The molecule has 2 atom stereocenters. The molecule has 0 spiro atoms. The summed E-state index contributed by atoms with van der Waals surface area (Å²) in [6.07, 6.45) is 0.520. The Kier molecular flexibility index (Phi) is 5.62. The largest absolute Gasteiger partial charge is 0.391 e. The molecule has 0 saturated carbocycles. The quantitative estimate of drug-likeness (QED) is 0.678. The minimum Gasteiger partial charge on any atom is -0.391 e. The monoisotopic (exact) mass is 376 g/mol. The molecule has 27 heavy (non-hydrogen) atoms. The highest BCUT2D eigenvalue weighted by atomic mass is 16.5. The Hall–Kier alpha value is -2.65. The van der Waals surface area contributed by atoms with Crippen LogP contribution in [-0.4, -0.2) is 51.5 Å². The molecule has 1 saturated heterocycles. The number of imidazole rings is 1. The third-order valence-electron chi connectivity index (χ3n) is 4.89. The SMILES string of the molecule is C[C@@H](O)[C@H](NC(=O)n1c(=O)n(CC2CCOCC2)c2ccccc21)C(N)=O. The van der Waals surface area contributed by atoms with Gasteiger partial charge in [-0.2, -0.15) is 0 Å². The fraction of sp³-hybridized carbons (Fsp3) is 0.500. The molecule has 2 heterocycles. The van der Waals surface area contributed by atoms with Crippen LogP contribution in [0.15, 0.2) is 29.1 Å². The van der Waals surface area contributed by atoms with Crippen molar-refractivity contribution in [1.82, 2.24) is 14.5 Å². The molecule has 0 unspecified atom stereocenters. The van der Waals surface area contributed by atoms with Crippen molar-refractivity contribution in [2.75, 3.05) is 13.2 Å². The van der Waals surface area contributed by atoms with E-state index >= 15 is 0 Å². The summed E-state index contributed by atoms with van der Waals surface area (Å²) in [5.41, 5.74) is 5.80. The van der Waals surface area contributed by atoms with Gasteiger partial charge in [0.1, 0.15) is 6.04 Å². The van der Waals surface area contributed by atoms with E-state index in [0.29, 0.717) is 30.8 Å². The van der Waals surface area contributed by atoms with Crippen LogP contribution in [0.25, 0.3) is 11.0 Å². The van der Waals surface area contributed by atoms with Gasteiger partial charge in [0.05, 0.1) is 17.1 Å². The number of para-hydroxylation sites is 2. The van der Waals surface area contributed by atoms with Gasteiger partial charge >= 0.3 is 11.7 Å². The molecule has 9 nitrogen and oxygen atoms in total. The fourth-order valence-electron chi connectivity index (χ4n) is 3.40. The van der Waals surface area contributed by atoms with Gasteiger partial charge in [-0.3, -0.25) is 9.36 Å². The van der Waals surface area contributed by atoms with E-state index in [-0.39, 0.29) is 5.92 Å². The minimum absolute atomic E-state index is 0.287. The molecular formula is C18H24N4O5. The van der Waals surface area contributed by atoms with Crippen molar-refractivity contribution < 1.29 is 19.4 Å². The molecule has 1 aliphatic heterocycles. The van der Waals surface area contributed by atoms with Gasteiger partial charge in [0.25, 0.3) is 0 Å². The summed E-state index contributed by atoms with van der Waals surface area (Å²) < 4.78 is 7.92. The standard InChI is InChI=1S/C18H24N4O5/c1-11(23)15(16(19)24)20-17(25)22-14-5-3-2-4-13(14)21(18(22)26)10-12-6-8-27-9-7-12/h2-5,11-12,15,23H,6-10H2,1H3,(H2,19,24)(H,20,25)/t11-,15+/m1/s1. The normalized spacial score (nSPS) is 17.6. The fourth-order valence-corrected chi connectivity index (χ4v) is 3.40. The smallest absolute Gasteiger partial charge is 0.337 e. The van der Waals surface area contributed by atoms with Crippen LogP contribution in [0.1, 0.15) is 19.8 Å². The first-order valence-electron chi connectivity index (χ1n) is 8.96. The highest BCUT2D eigenvalue weighted by molar-refractivity contribution is 5.92. The Labute approximate surface area is 155 Å². The summed E-state index contributed by atoms with van der Waals surface area (Å²) >= 11 is 0. The summed E-state index contributed by atoms with van der Waals surface area (Å²) in [7, 11) is 0. The van der Waals surface area contributed by atoms with Crippen molar-refractivity contribution >= 4 is 23.0 Å². The molecule has 1 fully saturated rings. The number of nitrogens with two attached hydrogens (primary N) is 1. The van der Waals surface area contributed by atoms with Crippen LogP contribution in [0.2, 0.25) is 0 Å². The number of rotatable bonds is 5. The van der Waals surface area contributed by atoms with E-state index in [9.17, 15) is 19.5 Å². The zero-order valence-corrected chi connectivity index (χ0v) is 15.1. The second-order valence-corrected chi connectivity index (χ2v) is 6.84. The van der Waals surface area contributed by atoms with E-state index in [1.807, 2.05) is 0 Å². The zero-order chi connectivity index (χ0) is 19.6. The number of primary amides is 1.